The van der Waals surface area contributed by atoms with E-state index in [1.165, 1.54) is 56.4 Å². The second kappa shape index (κ2) is 6.05. The minimum atomic E-state index is 0.575. The van der Waals surface area contributed by atoms with Crippen LogP contribution in [0.15, 0.2) is 22.7 Å². The predicted octanol–water partition coefficient (Wildman–Crippen LogP) is 5.20. The van der Waals surface area contributed by atoms with E-state index < -0.39 is 0 Å². The summed E-state index contributed by atoms with van der Waals surface area (Å²) in [5, 5.41) is 0. The molecule has 2 aliphatic rings. The molecule has 1 aromatic carbocycles. The molecule has 19 heavy (non-hydrogen) atoms. The first-order chi connectivity index (χ1) is 9.28. The summed E-state index contributed by atoms with van der Waals surface area (Å²) in [5.74, 6) is 2.50. The Kier molecular flexibility index (Phi) is 4.38. The number of fused-ring (bicyclic) bond motifs is 1. The number of anilines is 1. The first-order valence-electron chi connectivity index (χ1n) is 7.37. The van der Waals surface area contributed by atoms with Crippen LogP contribution in [0.4, 0.5) is 5.69 Å². The minimum absolute atomic E-state index is 0.575. The lowest BCUT2D eigenvalue weighted by atomic mass is 9.75. The van der Waals surface area contributed by atoms with Crippen LogP contribution in [0.3, 0.4) is 0 Å². The summed E-state index contributed by atoms with van der Waals surface area (Å²) in [6, 6.07) is 6.62. The summed E-state index contributed by atoms with van der Waals surface area (Å²) in [5.41, 5.74) is 2.53. The zero-order valence-electron chi connectivity index (χ0n) is 11.2. The van der Waals surface area contributed by atoms with Gasteiger partial charge in [-0.05, 0) is 42.4 Å². The lowest BCUT2D eigenvalue weighted by Gasteiger charge is -2.42. The first-order valence-corrected chi connectivity index (χ1v) is 8.70. The van der Waals surface area contributed by atoms with Gasteiger partial charge >= 0.3 is 0 Å². The Morgan fingerprint density at radius 3 is 2.68 bits per heavy atom. The van der Waals surface area contributed by atoms with Crippen molar-refractivity contribution in [1.82, 2.24) is 0 Å². The van der Waals surface area contributed by atoms with Crippen molar-refractivity contribution in [2.24, 2.45) is 11.8 Å². The standard InChI is InChI=1S/C16H21BrClN/c17-16-9-15(6-5-13(16)10-18)19-8-7-12-3-1-2-4-14(12)11-19/h5-6,9,12,14H,1-4,7-8,10-11H2. The predicted molar refractivity (Wildman–Crippen MR) is 86.0 cm³/mol. The van der Waals surface area contributed by atoms with Crippen molar-refractivity contribution in [3.05, 3.63) is 28.2 Å². The number of hydrogen-bond donors (Lipinski definition) is 0. The van der Waals surface area contributed by atoms with Gasteiger partial charge in [-0.25, -0.2) is 0 Å². The van der Waals surface area contributed by atoms with Gasteiger partial charge in [0, 0.05) is 29.1 Å². The second-order valence-electron chi connectivity index (χ2n) is 5.95. The quantitative estimate of drug-likeness (QED) is 0.667. The number of piperidine rings is 1. The third-order valence-corrected chi connectivity index (χ3v) is 5.86. The molecule has 0 amide bonds. The van der Waals surface area contributed by atoms with Crippen molar-refractivity contribution >= 4 is 33.2 Å². The largest absolute Gasteiger partial charge is 0.371 e. The zero-order chi connectivity index (χ0) is 13.2. The Bertz CT molecular complexity index is 448. The summed E-state index contributed by atoms with van der Waals surface area (Å²) in [6.07, 6.45) is 7.16. The van der Waals surface area contributed by atoms with Gasteiger partial charge < -0.3 is 4.90 Å². The molecule has 3 heteroatoms. The molecule has 2 fully saturated rings. The number of benzene rings is 1. The molecule has 3 rings (SSSR count). The highest BCUT2D eigenvalue weighted by molar-refractivity contribution is 9.10. The van der Waals surface area contributed by atoms with Crippen molar-refractivity contribution < 1.29 is 0 Å². The normalized spacial score (nSPS) is 27.2. The number of alkyl halides is 1. The molecule has 1 nitrogen and oxygen atoms in total. The molecule has 0 radical (unpaired) electrons. The fourth-order valence-electron chi connectivity index (χ4n) is 3.68. The monoisotopic (exact) mass is 341 g/mol. The third-order valence-electron chi connectivity index (χ3n) is 4.84. The van der Waals surface area contributed by atoms with Crippen molar-refractivity contribution in [2.75, 3.05) is 18.0 Å². The fourth-order valence-corrected chi connectivity index (χ4v) is 4.58. The lowest BCUT2D eigenvalue weighted by molar-refractivity contribution is 0.202. The van der Waals surface area contributed by atoms with Crippen LogP contribution in [0.2, 0.25) is 0 Å². The molecule has 1 aromatic rings. The highest BCUT2D eigenvalue weighted by Gasteiger charge is 2.31. The Morgan fingerprint density at radius 1 is 1.16 bits per heavy atom. The smallest absolute Gasteiger partial charge is 0.0485 e. The van der Waals surface area contributed by atoms with Crippen LogP contribution < -0.4 is 4.90 Å². The molecular formula is C16H21BrClN. The summed E-state index contributed by atoms with van der Waals surface area (Å²) < 4.78 is 1.14. The highest BCUT2D eigenvalue weighted by Crippen LogP contribution is 2.38. The van der Waals surface area contributed by atoms with Crippen LogP contribution in [0.25, 0.3) is 0 Å². The van der Waals surface area contributed by atoms with Crippen LogP contribution in [0.5, 0.6) is 0 Å². The average molecular weight is 343 g/mol. The van der Waals surface area contributed by atoms with Gasteiger partial charge in [-0.1, -0.05) is 41.3 Å². The molecule has 0 N–H and O–H groups in total. The maximum Gasteiger partial charge on any atom is 0.0485 e. The van der Waals surface area contributed by atoms with Crippen LogP contribution in [0, 0.1) is 11.8 Å². The van der Waals surface area contributed by atoms with Crippen LogP contribution >= 0.6 is 27.5 Å². The molecule has 2 unspecified atom stereocenters. The number of halogens is 2. The van der Waals surface area contributed by atoms with Crippen LogP contribution in [0.1, 0.15) is 37.7 Å². The molecule has 1 heterocycles. The van der Waals surface area contributed by atoms with E-state index in [4.69, 9.17) is 11.6 Å². The molecule has 1 saturated carbocycles. The van der Waals surface area contributed by atoms with Gasteiger partial charge in [-0.3, -0.25) is 0 Å². The van der Waals surface area contributed by atoms with Crippen LogP contribution in [-0.4, -0.2) is 13.1 Å². The van der Waals surface area contributed by atoms with Gasteiger partial charge in [0.1, 0.15) is 0 Å². The summed E-state index contributed by atoms with van der Waals surface area (Å²) in [6.45, 7) is 2.46. The van der Waals surface area contributed by atoms with E-state index >= 15 is 0 Å². The first kappa shape index (κ1) is 13.8. The molecular weight excluding hydrogens is 322 g/mol. The number of rotatable bonds is 2. The Morgan fingerprint density at radius 2 is 1.95 bits per heavy atom. The van der Waals surface area contributed by atoms with Crippen molar-refractivity contribution in [1.29, 1.82) is 0 Å². The second-order valence-corrected chi connectivity index (χ2v) is 7.07. The molecule has 104 valence electrons. The Hall–Kier alpha value is -0.210. The molecule has 0 aromatic heterocycles. The molecule has 1 aliphatic heterocycles. The topological polar surface area (TPSA) is 3.24 Å². The fraction of sp³-hybridized carbons (Fsp3) is 0.625. The summed E-state index contributed by atoms with van der Waals surface area (Å²) in [7, 11) is 0. The van der Waals surface area contributed by atoms with E-state index in [9.17, 15) is 0 Å². The van der Waals surface area contributed by atoms with E-state index in [0.717, 1.165) is 16.3 Å². The lowest BCUT2D eigenvalue weighted by Crippen LogP contribution is -2.41. The third kappa shape index (κ3) is 2.95. The highest BCUT2D eigenvalue weighted by atomic mass is 79.9. The number of nitrogens with zero attached hydrogens (tertiary/aromatic N) is 1. The SMILES string of the molecule is ClCc1ccc(N2CCC3CCCCC3C2)cc1Br. The minimum Gasteiger partial charge on any atom is -0.371 e. The molecule has 0 bridgehead atoms. The Labute approximate surface area is 129 Å². The van der Waals surface area contributed by atoms with Gasteiger partial charge in [0.2, 0.25) is 0 Å². The summed E-state index contributed by atoms with van der Waals surface area (Å²) in [4.78, 5) is 2.56. The molecule has 1 aliphatic carbocycles. The van der Waals surface area contributed by atoms with E-state index in [2.05, 4.69) is 39.0 Å². The molecule has 2 atom stereocenters. The van der Waals surface area contributed by atoms with E-state index in [1.807, 2.05) is 0 Å². The van der Waals surface area contributed by atoms with Crippen LogP contribution in [-0.2, 0) is 5.88 Å². The zero-order valence-corrected chi connectivity index (χ0v) is 13.6. The Balaban J connectivity index is 1.74. The number of hydrogen-bond acceptors (Lipinski definition) is 1. The van der Waals surface area contributed by atoms with Gasteiger partial charge in [0.05, 0.1) is 0 Å². The van der Waals surface area contributed by atoms with E-state index in [0.29, 0.717) is 5.88 Å². The average Bonchev–Trinajstić information content (AvgIpc) is 2.46. The summed E-state index contributed by atoms with van der Waals surface area (Å²) >= 11 is 9.55. The van der Waals surface area contributed by atoms with E-state index in [1.54, 1.807) is 0 Å². The van der Waals surface area contributed by atoms with Gasteiger partial charge in [0.25, 0.3) is 0 Å². The van der Waals surface area contributed by atoms with Gasteiger partial charge in [-0.2, -0.15) is 0 Å². The van der Waals surface area contributed by atoms with Gasteiger partial charge in [0.15, 0.2) is 0 Å². The van der Waals surface area contributed by atoms with Crippen molar-refractivity contribution in [3.63, 3.8) is 0 Å². The maximum atomic E-state index is 5.92. The van der Waals surface area contributed by atoms with Gasteiger partial charge in [-0.15, -0.1) is 11.6 Å². The van der Waals surface area contributed by atoms with Crippen molar-refractivity contribution in [3.8, 4) is 0 Å². The molecule has 1 saturated heterocycles. The van der Waals surface area contributed by atoms with E-state index in [-0.39, 0.29) is 0 Å². The van der Waals surface area contributed by atoms with Crippen molar-refractivity contribution in [2.45, 2.75) is 38.0 Å². The molecule has 0 spiro atoms. The maximum absolute atomic E-state index is 5.92.